The summed E-state index contributed by atoms with van der Waals surface area (Å²) in [5.41, 5.74) is 0. The van der Waals surface area contributed by atoms with E-state index in [9.17, 15) is 9.90 Å². The lowest BCUT2D eigenvalue weighted by atomic mass is 10.1. The second-order valence-corrected chi connectivity index (χ2v) is 5.90. The number of aliphatic carboxylic acids is 1. The van der Waals surface area contributed by atoms with E-state index in [1.54, 1.807) is 6.08 Å². The zero-order chi connectivity index (χ0) is 18.6. The van der Waals surface area contributed by atoms with Gasteiger partial charge in [-0.2, -0.15) is 0 Å². The van der Waals surface area contributed by atoms with Gasteiger partial charge in [-0.3, -0.25) is 4.79 Å². The van der Waals surface area contributed by atoms with E-state index >= 15 is 0 Å². The highest BCUT2D eigenvalue weighted by molar-refractivity contribution is 5.66. The molecule has 0 saturated carbocycles. The van der Waals surface area contributed by atoms with Crippen LogP contribution in [0.1, 0.15) is 64.7 Å². The Labute approximate surface area is 153 Å². The van der Waals surface area contributed by atoms with Gasteiger partial charge in [0.05, 0.1) is 6.10 Å². The first-order valence-corrected chi connectivity index (χ1v) is 9.35. The van der Waals surface area contributed by atoms with Crippen LogP contribution in [0.15, 0.2) is 60.8 Å². The van der Waals surface area contributed by atoms with E-state index in [-0.39, 0.29) is 6.42 Å². The Hall–Kier alpha value is -1.87. The topological polar surface area (TPSA) is 57.5 Å². The van der Waals surface area contributed by atoms with E-state index in [1.165, 1.54) is 0 Å². The molecule has 0 rings (SSSR count). The lowest BCUT2D eigenvalue weighted by Crippen LogP contribution is -1.98. The summed E-state index contributed by atoms with van der Waals surface area (Å²) in [5.74, 6) is -0.721. The number of aliphatic hydroxyl groups is 1. The van der Waals surface area contributed by atoms with Crippen LogP contribution in [0.3, 0.4) is 0 Å². The van der Waals surface area contributed by atoms with Crippen molar-refractivity contribution in [1.29, 1.82) is 0 Å². The van der Waals surface area contributed by atoms with Gasteiger partial charge in [0.2, 0.25) is 0 Å². The smallest absolute Gasteiger partial charge is 0.303 e. The van der Waals surface area contributed by atoms with E-state index in [0.29, 0.717) is 6.42 Å². The first-order chi connectivity index (χ1) is 12.2. The standard InChI is InChI=1S/C22H34O3/c1-2-3-4-5-6-7-9-12-15-18-21(23)19-16-13-10-8-11-14-17-20-22(24)25/h3-4,6-7,10,12-13,15-16,19,21,23H,2,5,8-9,11,14,17-18,20H2,1H3,(H,24,25). The maximum absolute atomic E-state index is 10.4. The monoisotopic (exact) mass is 346 g/mol. The molecule has 0 saturated heterocycles. The van der Waals surface area contributed by atoms with Gasteiger partial charge in [-0.05, 0) is 44.9 Å². The number of carboxylic acid groups (broad SMARTS) is 1. The Balaban J connectivity index is 3.63. The van der Waals surface area contributed by atoms with E-state index in [2.05, 4.69) is 43.4 Å². The van der Waals surface area contributed by atoms with E-state index in [0.717, 1.165) is 44.9 Å². The quantitative estimate of drug-likeness (QED) is 0.226. The fourth-order valence-corrected chi connectivity index (χ4v) is 2.11. The maximum atomic E-state index is 10.4. The van der Waals surface area contributed by atoms with Crippen LogP contribution in [-0.2, 0) is 4.79 Å². The third-order valence-electron chi connectivity index (χ3n) is 3.50. The predicted molar refractivity (Wildman–Crippen MR) is 107 cm³/mol. The average molecular weight is 347 g/mol. The maximum Gasteiger partial charge on any atom is 0.303 e. The summed E-state index contributed by atoms with van der Waals surface area (Å²) in [5, 5.41) is 18.3. The molecule has 3 nitrogen and oxygen atoms in total. The fraction of sp³-hybridized carbons (Fsp3) is 0.500. The third-order valence-corrected chi connectivity index (χ3v) is 3.50. The number of hydrogen-bond donors (Lipinski definition) is 2. The predicted octanol–water partition coefficient (Wildman–Crippen LogP) is 5.74. The highest BCUT2D eigenvalue weighted by atomic mass is 16.4. The molecule has 0 aliphatic heterocycles. The average Bonchev–Trinajstić information content (AvgIpc) is 2.58. The summed E-state index contributed by atoms with van der Waals surface area (Å²) in [6, 6.07) is 0. The van der Waals surface area contributed by atoms with Crippen molar-refractivity contribution in [3.8, 4) is 0 Å². The zero-order valence-corrected chi connectivity index (χ0v) is 15.5. The minimum atomic E-state index is -0.721. The number of allylic oxidation sites excluding steroid dienone is 8. The first-order valence-electron chi connectivity index (χ1n) is 9.35. The van der Waals surface area contributed by atoms with Crippen LogP contribution in [0.2, 0.25) is 0 Å². The van der Waals surface area contributed by atoms with Crippen molar-refractivity contribution in [3.05, 3.63) is 60.8 Å². The summed E-state index contributed by atoms with van der Waals surface area (Å²) in [6.07, 6.45) is 27.4. The van der Waals surface area contributed by atoms with Gasteiger partial charge in [0, 0.05) is 6.42 Å². The SMILES string of the molecule is CCC=CCC=CCC=CCC(O)C=CC=CCCCCCC(=O)O. The molecule has 140 valence electrons. The van der Waals surface area contributed by atoms with Gasteiger partial charge in [-0.25, -0.2) is 0 Å². The zero-order valence-electron chi connectivity index (χ0n) is 15.5. The molecule has 0 amide bonds. The number of unbranched alkanes of at least 4 members (excludes halogenated alkanes) is 3. The summed E-state index contributed by atoms with van der Waals surface area (Å²) in [7, 11) is 0. The Morgan fingerprint density at radius 2 is 1.56 bits per heavy atom. The molecule has 25 heavy (non-hydrogen) atoms. The molecule has 0 aromatic carbocycles. The van der Waals surface area contributed by atoms with Crippen molar-refractivity contribution in [3.63, 3.8) is 0 Å². The lowest BCUT2D eigenvalue weighted by Gasteiger charge is -1.99. The van der Waals surface area contributed by atoms with Crippen LogP contribution < -0.4 is 0 Å². The second-order valence-electron chi connectivity index (χ2n) is 5.90. The van der Waals surface area contributed by atoms with Crippen LogP contribution in [0, 0.1) is 0 Å². The molecule has 0 bridgehead atoms. The van der Waals surface area contributed by atoms with Crippen LogP contribution in [0.4, 0.5) is 0 Å². The Bertz CT molecular complexity index is 456. The van der Waals surface area contributed by atoms with Gasteiger partial charge in [-0.15, -0.1) is 0 Å². The molecule has 2 N–H and O–H groups in total. The Morgan fingerprint density at radius 3 is 2.24 bits per heavy atom. The van der Waals surface area contributed by atoms with Gasteiger partial charge >= 0.3 is 5.97 Å². The Kier molecular flexibility index (Phi) is 17.1. The molecule has 3 heteroatoms. The van der Waals surface area contributed by atoms with Crippen molar-refractivity contribution in [2.45, 2.75) is 70.8 Å². The van der Waals surface area contributed by atoms with Crippen LogP contribution >= 0.6 is 0 Å². The molecule has 0 fully saturated rings. The number of carboxylic acids is 1. The second kappa shape index (κ2) is 18.5. The van der Waals surface area contributed by atoms with E-state index in [1.807, 2.05) is 18.2 Å². The summed E-state index contributed by atoms with van der Waals surface area (Å²) in [6.45, 7) is 2.13. The normalized spacial score (nSPS) is 14.0. The van der Waals surface area contributed by atoms with E-state index < -0.39 is 12.1 Å². The summed E-state index contributed by atoms with van der Waals surface area (Å²) >= 11 is 0. The highest BCUT2D eigenvalue weighted by Gasteiger charge is 1.95. The van der Waals surface area contributed by atoms with Crippen molar-refractivity contribution >= 4 is 5.97 Å². The molecule has 1 unspecified atom stereocenters. The molecule has 0 radical (unpaired) electrons. The van der Waals surface area contributed by atoms with Crippen molar-refractivity contribution in [2.24, 2.45) is 0 Å². The third kappa shape index (κ3) is 20.1. The number of aliphatic hydroxyl groups excluding tert-OH is 1. The van der Waals surface area contributed by atoms with Crippen molar-refractivity contribution in [1.82, 2.24) is 0 Å². The van der Waals surface area contributed by atoms with Gasteiger partial charge in [0.1, 0.15) is 0 Å². The fourth-order valence-electron chi connectivity index (χ4n) is 2.11. The van der Waals surface area contributed by atoms with Gasteiger partial charge in [-0.1, -0.05) is 74.1 Å². The molecule has 0 aromatic heterocycles. The number of hydrogen-bond acceptors (Lipinski definition) is 2. The van der Waals surface area contributed by atoms with Gasteiger partial charge in [0.15, 0.2) is 0 Å². The number of rotatable bonds is 15. The molecule has 0 heterocycles. The first kappa shape index (κ1) is 23.1. The molecule has 1 atom stereocenters. The van der Waals surface area contributed by atoms with Gasteiger partial charge < -0.3 is 10.2 Å². The highest BCUT2D eigenvalue weighted by Crippen LogP contribution is 2.04. The van der Waals surface area contributed by atoms with Crippen molar-refractivity contribution < 1.29 is 15.0 Å². The van der Waals surface area contributed by atoms with Crippen molar-refractivity contribution in [2.75, 3.05) is 0 Å². The largest absolute Gasteiger partial charge is 0.481 e. The Morgan fingerprint density at radius 1 is 0.880 bits per heavy atom. The van der Waals surface area contributed by atoms with Crippen LogP contribution in [-0.4, -0.2) is 22.3 Å². The van der Waals surface area contributed by atoms with Crippen LogP contribution in [0.5, 0.6) is 0 Å². The molecule has 0 aliphatic carbocycles. The van der Waals surface area contributed by atoms with E-state index in [4.69, 9.17) is 5.11 Å². The lowest BCUT2D eigenvalue weighted by molar-refractivity contribution is -0.137. The summed E-state index contributed by atoms with van der Waals surface area (Å²) in [4.78, 5) is 10.4. The van der Waals surface area contributed by atoms with Gasteiger partial charge in [0.25, 0.3) is 0 Å². The molecule has 0 aromatic rings. The molecular weight excluding hydrogens is 312 g/mol. The minimum absolute atomic E-state index is 0.259. The molecular formula is C22H34O3. The summed E-state index contributed by atoms with van der Waals surface area (Å²) < 4.78 is 0. The molecule has 0 aliphatic rings. The number of carbonyl (C=O) groups is 1. The molecule has 0 spiro atoms. The van der Waals surface area contributed by atoms with Crippen LogP contribution in [0.25, 0.3) is 0 Å². The minimum Gasteiger partial charge on any atom is -0.481 e.